The van der Waals surface area contributed by atoms with Gasteiger partial charge in [-0.2, -0.15) is 0 Å². The number of aliphatic hydroxyl groups is 1. The smallest absolute Gasteiger partial charge is 0.124 e. The molecular formula is C9H11BrO2. The molecule has 0 heterocycles. The van der Waals surface area contributed by atoms with E-state index in [4.69, 9.17) is 4.74 Å². The summed E-state index contributed by atoms with van der Waals surface area (Å²) in [6.45, 7) is 0. The zero-order valence-electron chi connectivity index (χ0n) is 6.83. The molecule has 12 heavy (non-hydrogen) atoms. The molecule has 3 heteroatoms. The van der Waals surface area contributed by atoms with E-state index in [1.165, 1.54) is 0 Å². The van der Waals surface area contributed by atoms with Crippen LogP contribution in [0.15, 0.2) is 24.3 Å². The maximum Gasteiger partial charge on any atom is 0.124 e. The zero-order valence-corrected chi connectivity index (χ0v) is 8.41. The second-order valence-corrected chi connectivity index (χ2v) is 3.06. The molecule has 0 radical (unpaired) electrons. The van der Waals surface area contributed by atoms with Crippen LogP contribution in [0.4, 0.5) is 0 Å². The fourth-order valence-electron chi connectivity index (χ4n) is 1.02. The number of hydrogen-bond donors (Lipinski definition) is 1. The van der Waals surface area contributed by atoms with Crippen LogP contribution in [-0.4, -0.2) is 17.5 Å². The van der Waals surface area contributed by atoms with Gasteiger partial charge in [0.25, 0.3) is 0 Å². The van der Waals surface area contributed by atoms with Crippen molar-refractivity contribution in [3.63, 3.8) is 0 Å². The Morgan fingerprint density at radius 2 is 2.17 bits per heavy atom. The van der Waals surface area contributed by atoms with Crippen LogP contribution >= 0.6 is 15.9 Å². The van der Waals surface area contributed by atoms with Crippen molar-refractivity contribution in [2.24, 2.45) is 0 Å². The van der Waals surface area contributed by atoms with Crippen molar-refractivity contribution >= 4 is 15.9 Å². The number of halogens is 1. The van der Waals surface area contributed by atoms with E-state index in [2.05, 4.69) is 15.9 Å². The summed E-state index contributed by atoms with van der Waals surface area (Å²) in [6.07, 6.45) is -0.499. The number of benzene rings is 1. The van der Waals surface area contributed by atoms with Crippen LogP contribution in [0, 0.1) is 0 Å². The molecule has 0 spiro atoms. The number of para-hydroxylation sites is 1. The van der Waals surface area contributed by atoms with Crippen LogP contribution in [0.3, 0.4) is 0 Å². The molecule has 66 valence electrons. The first-order chi connectivity index (χ1) is 5.79. The first-order valence-corrected chi connectivity index (χ1v) is 4.78. The number of methoxy groups -OCH3 is 1. The lowest BCUT2D eigenvalue weighted by Gasteiger charge is -2.11. The van der Waals surface area contributed by atoms with Gasteiger partial charge in [0.15, 0.2) is 0 Å². The van der Waals surface area contributed by atoms with Crippen LogP contribution in [0.1, 0.15) is 11.7 Å². The van der Waals surface area contributed by atoms with Crippen molar-refractivity contribution < 1.29 is 9.84 Å². The van der Waals surface area contributed by atoms with Crippen LogP contribution in [0.25, 0.3) is 0 Å². The number of aliphatic hydroxyl groups excluding tert-OH is 1. The van der Waals surface area contributed by atoms with Gasteiger partial charge in [-0.05, 0) is 6.07 Å². The third-order valence-corrected chi connectivity index (χ3v) is 2.26. The quantitative estimate of drug-likeness (QED) is 0.807. The molecule has 0 saturated carbocycles. The first-order valence-electron chi connectivity index (χ1n) is 3.66. The minimum Gasteiger partial charge on any atom is -0.496 e. The lowest BCUT2D eigenvalue weighted by Crippen LogP contribution is -2.00. The molecule has 0 aliphatic rings. The SMILES string of the molecule is COc1ccccc1C(O)CBr. The van der Waals surface area contributed by atoms with Gasteiger partial charge in [0.1, 0.15) is 5.75 Å². The molecule has 0 aromatic heterocycles. The second-order valence-electron chi connectivity index (χ2n) is 2.41. The van der Waals surface area contributed by atoms with Crippen molar-refractivity contribution in [2.45, 2.75) is 6.10 Å². The van der Waals surface area contributed by atoms with Crippen molar-refractivity contribution in [3.8, 4) is 5.75 Å². The molecule has 1 rings (SSSR count). The van der Waals surface area contributed by atoms with Crippen LogP contribution < -0.4 is 4.74 Å². The van der Waals surface area contributed by atoms with E-state index in [1.54, 1.807) is 7.11 Å². The standard InChI is InChI=1S/C9H11BrO2/c1-12-9-5-3-2-4-7(9)8(11)6-10/h2-5,8,11H,6H2,1H3. The van der Waals surface area contributed by atoms with Crippen molar-refractivity contribution in [2.75, 3.05) is 12.4 Å². The Labute approximate surface area is 80.3 Å². The molecule has 2 nitrogen and oxygen atoms in total. The summed E-state index contributed by atoms with van der Waals surface area (Å²) in [4.78, 5) is 0. The summed E-state index contributed by atoms with van der Waals surface area (Å²) >= 11 is 3.21. The number of ether oxygens (including phenoxy) is 1. The van der Waals surface area contributed by atoms with E-state index in [0.717, 1.165) is 11.3 Å². The van der Waals surface area contributed by atoms with Gasteiger partial charge in [-0.25, -0.2) is 0 Å². The Bertz CT molecular complexity index is 250. The lowest BCUT2D eigenvalue weighted by atomic mass is 10.1. The van der Waals surface area contributed by atoms with Gasteiger partial charge >= 0.3 is 0 Å². The van der Waals surface area contributed by atoms with E-state index in [0.29, 0.717) is 5.33 Å². The normalized spacial score (nSPS) is 12.6. The van der Waals surface area contributed by atoms with Crippen molar-refractivity contribution in [3.05, 3.63) is 29.8 Å². The van der Waals surface area contributed by atoms with E-state index < -0.39 is 6.10 Å². The summed E-state index contributed by atoms with van der Waals surface area (Å²) in [5.74, 6) is 0.726. The highest BCUT2D eigenvalue weighted by molar-refractivity contribution is 9.09. The molecule has 0 amide bonds. The molecule has 1 aromatic carbocycles. The average Bonchev–Trinajstić information content (AvgIpc) is 2.16. The van der Waals surface area contributed by atoms with E-state index in [9.17, 15) is 5.11 Å². The molecule has 1 unspecified atom stereocenters. The van der Waals surface area contributed by atoms with Crippen LogP contribution in [0.2, 0.25) is 0 Å². The summed E-state index contributed by atoms with van der Waals surface area (Å²) in [5.41, 5.74) is 0.817. The molecule has 0 saturated heterocycles. The zero-order chi connectivity index (χ0) is 8.97. The summed E-state index contributed by atoms with van der Waals surface area (Å²) in [7, 11) is 1.60. The third-order valence-electron chi connectivity index (χ3n) is 1.64. The number of rotatable bonds is 3. The number of alkyl halides is 1. The summed E-state index contributed by atoms with van der Waals surface area (Å²) < 4.78 is 5.09. The molecular weight excluding hydrogens is 220 g/mol. The highest BCUT2D eigenvalue weighted by Gasteiger charge is 2.09. The van der Waals surface area contributed by atoms with Gasteiger partial charge in [-0.1, -0.05) is 34.1 Å². The highest BCUT2D eigenvalue weighted by Crippen LogP contribution is 2.25. The monoisotopic (exact) mass is 230 g/mol. The third kappa shape index (κ3) is 1.99. The van der Waals surface area contributed by atoms with E-state index >= 15 is 0 Å². The predicted octanol–water partition coefficient (Wildman–Crippen LogP) is 2.12. The topological polar surface area (TPSA) is 29.5 Å². The van der Waals surface area contributed by atoms with Gasteiger partial charge in [0.2, 0.25) is 0 Å². The minimum atomic E-state index is -0.499. The molecule has 1 N–H and O–H groups in total. The Hall–Kier alpha value is -0.540. The lowest BCUT2D eigenvalue weighted by molar-refractivity contribution is 0.200. The van der Waals surface area contributed by atoms with Gasteiger partial charge in [-0.3, -0.25) is 0 Å². The molecule has 1 atom stereocenters. The van der Waals surface area contributed by atoms with Gasteiger partial charge in [0, 0.05) is 10.9 Å². The molecule has 1 aromatic rings. The summed E-state index contributed by atoms with van der Waals surface area (Å²) in [5, 5.41) is 10.0. The van der Waals surface area contributed by atoms with Crippen LogP contribution in [0.5, 0.6) is 5.75 Å². The molecule has 0 aliphatic carbocycles. The number of hydrogen-bond acceptors (Lipinski definition) is 2. The van der Waals surface area contributed by atoms with Gasteiger partial charge in [0.05, 0.1) is 13.2 Å². The maximum atomic E-state index is 9.51. The fraction of sp³-hybridized carbons (Fsp3) is 0.333. The predicted molar refractivity (Wildman–Crippen MR) is 51.7 cm³/mol. The Morgan fingerprint density at radius 1 is 1.50 bits per heavy atom. The van der Waals surface area contributed by atoms with Gasteiger partial charge in [-0.15, -0.1) is 0 Å². The minimum absolute atomic E-state index is 0.499. The largest absolute Gasteiger partial charge is 0.496 e. The second kappa shape index (κ2) is 4.48. The van der Waals surface area contributed by atoms with Crippen molar-refractivity contribution in [1.82, 2.24) is 0 Å². The van der Waals surface area contributed by atoms with Crippen molar-refractivity contribution in [1.29, 1.82) is 0 Å². The van der Waals surface area contributed by atoms with Crippen LogP contribution in [-0.2, 0) is 0 Å². The Balaban J connectivity index is 2.96. The summed E-state index contributed by atoms with van der Waals surface area (Å²) in [6, 6.07) is 7.44. The fourth-order valence-corrected chi connectivity index (χ4v) is 1.37. The molecule has 0 aliphatic heterocycles. The Kier molecular flexibility index (Phi) is 3.56. The van der Waals surface area contributed by atoms with E-state index in [1.807, 2.05) is 24.3 Å². The van der Waals surface area contributed by atoms with E-state index in [-0.39, 0.29) is 0 Å². The van der Waals surface area contributed by atoms with Gasteiger partial charge < -0.3 is 9.84 Å². The maximum absolute atomic E-state index is 9.51. The molecule has 0 fully saturated rings. The highest BCUT2D eigenvalue weighted by atomic mass is 79.9. The molecule has 0 bridgehead atoms. The first kappa shape index (κ1) is 9.55. The average molecular weight is 231 g/mol. The Morgan fingerprint density at radius 3 is 2.75 bits per heavy atom.